The first-order chi connectivity index (χ1) is 27.2. The van der Waals surface area contributed by atoms with Crippen molar-refractivity contribution in [3.63, 3.8) is 0 Å². The van der Waals surface area contributed by atoms with Crippen molar-refractivity contribution in [3.05, 3.63) is 139 Å². The number of nitrogens with zero attached hydrogens (tertiary/aromatic N) is 6. The highest BCUT2D eigenvalue weighted by Crippen LogP contribution is 2.40. The molecule has 1 aliphatic heterocycles. The lowest BCUT2D eigenvalue weighted by molar-refractivity contribution is -0.137. The molecule has 4 N–H and O–H groups in total. The summed E-state index contributed by atoms with van der Waals surface area (Å²) in [6.45, 7) is 4.96. The van der Waals surface area contributed by atoms with Gasteiger partial charge in [-0.3, -0.25) is 9.69 Å². The Morgan fingerprint density at radius 2 is 1.64 bits per heavy atom. The number of imidazole rings is 1. The van der Waals surface area contributed by atoms with Crippen molar-refractivity contribution in [2.75, 3.05) is 31.7 Å². The number of amides is 1. The Labute approximate surface area is 331 Å². The van der Waals surface area contributed by atoms with E-state index in [0.717, 1.165) is 78.9 Å². The van der Waals surface area contributed by atoms with Crippen LogP contribution in [-0.4, -0.2) is 61.3 Å². The van der Waals surface area contributed by atoms with Crippen molar-refractivity contribution in [1.82, 2.24) is 34.7 Å². The van der Waals surface area contributed by atoms with Gasteiger partial charge in [-0.25, -0.2) is 19.9 Å². The van der Waals surface area contributed by atoms with Crippen LogP contribution in [0.4, 0.5) is 17.2 Å². The molecule has 0 spiro atoms. The van der Waals surface area contributed by atoms with Gasteiger partial charge in [-0.15, -0.1) is 0 Å². The van der Waals surface area contributed by atoms with E-state index in [-0.39, 0.29) is 18.0 Å². The summed E-state index contributed by atoms with van der Waals surface area (Å²) in [6, 6.07) is 36.4. The maximum Gasteiger partial charge on any atom is 0.245 e. The number of carbonyl (C=O) groups is 1. The number of hydrogen-bond donors (Lipinski definition) is 3. The largest absolute Gasteiger partial charge is 0.399 e. The van der Waals surface area contributed by atoms with Crippen LogP contribution in [-0.2, 0) is 4.79 Å². The normalized spacial score (nSPS) is 14.8. The minimum absolute atomic E-state index is 0.0996. The van der Waals surface area contributed by atoms with Crippen molar-refractivity contribution >= 4 is 45.9 Å². The average Bonchev–Trinajstić information content (AvgIpc) is 3.91. The smallest absolute Gasteiger partial charge is 0.245 e. The van der Waals surface area contributed by atoms with E-state index in [1.54, 1.807) is 18.1 Å². The quantitative estimate of drug-likeness (QED) is 0.110. The van der Waals surface area contributed by atoms with Gasteiger partial charge >= 0.3 is 0 Å². The lowest BCUT2D eigenvalue weighted by Gasteiger charge is -2.31. The van der Waals surface area contributed by atoms with Crippen molar-refractivity contribution < 1.29 is 4.79 Å². The van der Waals surface area contributed by atoms with Crippen LogP contribution in [0.2, 0.25) is 0 Å². The number of hydrogen-bond acceptors (Lipinski definition) is 9. The zero-order chi connectivity index (χ0) is 38.8. The molecule has 10 nitrogen and oxygen atoms in total. The molecule has 8 rings (SSSR count). The van der Waals surface area contributed by atoms with E-state index in [9.17, 15) is 4.79 Å². The summed E-state index contributed by atoms with van der Waals surface area (Å²) in [7, 11) is 3.92. The molecule has 0 bridgehead atoms. The van der Waals surface area contributed by atoms with Crippen LogP contribution < -0.4 is 11.1 Å². The molecule has 11 heteroatoms. The van der Waals surface area contributed by atoms with E-state index < -0.39 is 0 Å². The minimum atomic E-state index is -0.352. The second-order valence-electron chi connectivity index (χ2n) is 14.7. The molecule has 0 saturated carbocycles. The molecule has 1 fully saturated rings. The summed E-state index contributed by atoms with van der Waals surface area (Å²) >= 11 is 1.66. The summed E-state index contributed by atoms with van der Waals surface area (Å²) in [4.78, 5) is 42.4. The van der Waals surface area contributed by atoms with Gasteiger partial charge in [-0.2, -0.15) is 0 Å². The number of benzene rings is 4. The Bertz CT molecular complexity index is 2470. The fourth-order valence-electron chi connectivity index (χ4n) is 7.32. The van der Waals surface area contributed by atoms with Gasteiger partial charge in [-0.05, 0) is 98.1 Å². The summed E-state index contributed by atoms with van der Waals surface area (Å²) in [5, 5.41) is 4.48. The Hall–Kier alpha value is -6.04. The second-order valence-corrected chi connectivity index (χ2v) is 15.8. The molecule has 2 atom stereocenters. The van der Waals surface area contributed by atoms with Crippen LogP contribution in [0, 0.1) is 0 Å². The highest BCUT2D eigenvalue weighted by molar-refractivity contribution is 7.99. The van der Waals surface area contributed by atoms with Gasteiger partial charge in [0.1, 0.15) is 24.0 Å². The lowest BCUT2D eigenvalue weighted by Crippen LogP contribution is -2.40. The van der Waals surface area contributed by atoms with Crippen LogP contribution in [0.15, 0.2) is 132 Å². The Morgan fingerprint density at radius 3 is 2.39 bits per heavy atom. The van der Waals surface area contributed by atoms with E-state index >= 15 is 0 Å². The fraction of sp³-hybridized carbons (Fsp3) is 0.222. The molecule has 0 unspecified atom stereocenters. The number of likely N-dealkylation sites (N-methyl/N-ethyl adjacent to an activating group) is 1. The summed E-state index contributed by atoms with van der Waals surface area (Å²) in [5.41, 5.74) is 14.2. The van der Waals surface area contributed by atoms with E-state index in [0.29, 0.717) is 23.9 Å². The number of pyridine rings is 1. The van der Waals surface area contributed by atoms with Crippen LogP contribution in [0.25, 0.3) is 33.4 Å². The molecule has 1 amide bonds. The Morgan fingerprint density at radius 1 is 0.893 bits per heavy atom. The van der Waals surface area contributed by atoms with E-state index in [1.807, 2.05) is 96.8 Å². The third-order valence-electron chi connectivity index (χ3n) is 10.3. The van der Waals surface area contributed by atoms with Crippen molar-refractivity contribution in [1.29, 1.82) is 0 Å². The average molecular weight is 760 g/mol. The third kappa shape index (κ3) is 7.73. The molecule has 0 aliphatic carbocycles. The number of aromatic amines is 1. The van der Waals surface area contributed by atoms with E-state index in [2.05, 4.69) is 76.6 Å². The number of aromatic nitrogens is 5. The van der Waals surface area contributed by atoms with Crippen molar-refractivity contribution in [2.45, 2.75) is 54.5 Å². The zero-order valence-corrected chi connectivity index (χ0v) is 32.8. The number of nitrogens with two attached hydrogens (primary N) is 1. The Kier molecular flexibility index (Phi) is 10.5. The number of anilines is 3. The molecule has 4 aromatic carbocycles. The number of carbonyl (C=O) groups excluding carboxylic acids is 1. The monoisotopic (exact) mass is 759 g/mol. The number of likely N-dealkylation sites (tertiary alicyclic amines) is 1. The second kappa shape index (κ2) is 16.0. The van der Waals surface area contributed by atoms with Gasteiger partial charge in [0, 0.05) is 39.5 Å². The summed E-state index contributed by atoms with van der Waals surface area (Å²) < 4.78 is 0. The standard InChI is InChI=1S/C45H45N9OS/c1-28(2)36-22-21-35-42(50-36)48-27-49-43(35)51-37-25-32(16-23-40(37)56-34-19-17-33(46)18-20-34)29-12-14-30(15-13-29)38-26-47-44(52-38)39-11-8-24-54(39)45(55)41(53(3)4)31-9-6-5-7-10-31/h5-7,9-10,12-23,25-28,39,41H,8,11,24,46H2,1-4H3,(H,47,52)(H,48,49,50,51)/t39-,41+/m0/s1. The van der Waals surface area contributed by atoms with Gasteiger partial charge in [0.05, 0.1) is 22.8 Å². The van der Waals surface area contributed by atoms with Crippen LogP contribution in [0.1, 0.15) is 61.8 Å². The molecule has 0 radical (unpaired) electrons. The molecule has 1 saturated heterocycles. The third-order valence-corrected chi connectivity index (χ3v) is 11.4. The molecular formula is C45H45N9OS. The summed E-state index contributed by atoms with van der Waals surface area (Å²) in [6.07, 6.45) is 5.32. The number of fused-ring (bicyclic) bond motifs is 1. The first-order valence-corrected chi connectivity index (χ1v) is 19.8. The molecule has 56 heavy (non-hydrogen) atoms. The van der Waals surface area contributed by atoms with Gasteiger partial charge in [0.25, 0.3) is 0 Å². The van der Waals surface area contributed by atoms with Gasteiger partial charge in [0.15, 0.2) is 5.65 Å². The van der Waals surface area contributed by atoms with Crippen molar-refractivity contribution in [2.24, 2.45) is 0 Å². The number of nitrogens with one attached hydrogen (secondary N) is 2. The molecule has 1 aliphatic rings. The SMILES string of the molecule is CC(C)c1ccc2c(Nc3cc(-c4ccc(-c5c[nH]c([C@@H]6CCCN6C(=O)[C@@H](c6ccccc6)N(C)C)n5)cc4)ccc3Sc3ccc(N)cc3)ncnc2n1. The maximum atomic E-state index is 14.0. The van der Waals surface area contributed by atoms with Gasteiger partial charge in [-0.1, -0.05) is 86.3 Å². The number of nitrogen functional groups attached to an aromatic ring is 1. The van der Waals surface area contributed by atoms with Crippen LogP contribution in [0.5, 0.6) is 0 Å². The van der Waals surface area contributed by atoms with Crippen LogP contribution >= 0.6 is 11.8 Å². The lowest BCUT2D eigenvalue weighted by atomic mass is 10.0. The predicted molar refractivity (Wildman–Crippen MR) is 226 cm³/mol. The van der Waals surface area contributed by atoms with E-state index in [4.69, 9.17) is 15.7 Å². The highest BCUT2D eigenvalue weighted by Gasteiger charge is 2.37. The molecule has 3 aromatic heterocycles. The fourth-order valence-corrected chi connectivity index (χ4v) is 8.20. The number of rotatable bonds is 11. The zero-order valence-electron chi connectivity index (χ0n) is 32.0. The molecular weight excluding hydrogens is 715 g/mol. The maximum absolute atomic E-state index is 14.0. The highest BCUT2D eigenvalue weighted by atomic mass is 32.2. The van der Waals surface area contributed by atoms with E-state index in [1.165, 1.54) is 0 Å². The van der Waals surface area contributed by atoms with Gasteiger partial charge in [0.2, 0.25) is 5.91 Å². The van der Waals surface area contributed by atoms with Crippen LogP contribution in [0.3, 0.4) is 0 Å². The molecule has 4 heterocycles. The predicted octanol–water partition coefficient (Wildman–Crippen LogP) is 9.65. The first kappa shape index (κ1) is 36.9. The topological polar surface area (TPSA) is 129 Å². The molecule has 7 aromatic rings. The van der Waals surface area contributed by atoms with Crippen molar-refractivity contribution in [3.8, 4) is 22.4 Å². The first-order valence-electron chi connectivity index (χ1n) is 19.0. The number of H-pyrrole nitrogens is 1. The van der Waals surface area contributed by atoms with Gasteiger partial charge < -0.3 is 20.9 Å². The summed E-state index contributed by atoms with van der Waals surface area (Å²) in [5.74, 6) is 1.90. The molecule has 282 valence electrons. The minimum Gasteiger partial charge on any atom is -0.399 e. The Balaban J connectivity index is 1.05.